The van der Waals surface area contributed by atoms with Crippen molar-refractivity contribution in [3.63, 3.8) is 0 Å². The van der Waals surface area contributed by atoms with Crippen LogP contribution in [-0.4, -0.2) is 49.7 Å². The number of aryl methyl sites for hydroxylation is 1. The van der Waals surface area contributed by atoms with Gasteiger partial charge in [0.15, 0.2) is 0 Å². The molecule has 1 aliphatic heterocycles. The summed E-state index contributed by atoms with van der Waals surface area (Å²) in [5.41, 5.74) is 2.09. The third-order valence-corrected chi connectivity index (χ3v) is 7.35. The van der Waals surface area contributed by atoms with Crippen LogP contribution in [0.25, 0.3) is 0 Å². The zero-order valence-electron chi connectivity index (χ0n) is 17.9. The van der Waals surface area contributed by atoms with Crippen LogP contribution in [0.15, 0.2) is 59.5 Å². The highest BCUT2D eigenvalue weighted by atomic mass is 32.2. The molecule has 1 saturated heterocycles. The van der Waals surface area contributed by atoms with Gasteiger partial charge in [0.2, 0.25) is 21.8 Å². The zero-order valence-corrected chi connectivity index (χ0v) is 18.7. The lowest BCUT2D eigenvalue weighted by atomic mass is 10.0. The average molecular weight is 444 g/mol. The van der Waals surface area contributed by atoms with Crippen LogP contribution in [-0.2, 0) is 26.0 Å². The highest BCUT2D eigenvalue weighted by Gasteiger charge is 2.31. The fourth-order valence-corrected chi connectivity index (χ4v) is 5.19. The first-order valence-corrected chi connectivity index (χ1v) is 11.9. The zero-order chi connectivity index (χ0) is 22.4. The Balaban J connectivity index is 1.59. The van der Waals surface area contributed by atoms with E-state index in [9.17, 15) is 18.0 Å². The first kappa shape index (κ1) is 23.0. The summed E-state index contributed by atoms with van der Waals surface area (Å²) in [6.07, 6.45) is 1.44. The van der Waals surface area contributed by atoms with E-state index in [4.69, 9.17) is 0 Å². The minimum absolute atomic E-state index is 0.135. The van der Waals surface area contributed by atoms with Gasteiger partial charge in [-0.3, -0.25) is 9.59 Å². The van der Waals surface area contributed by atoms with Crippen LogP contribution in [0.5, 0.6) is 0 Å². The Hall–Kier alpha value is -2.71. The lowest BCUT2D eigenvalue weighted by Gasteiger charge is -2.32. The SMILES string of the molecule is CC(=O)N[C@H](Cc1ccc(C)cc1)C(=O)NC1CCN(S(=O)(=O)c2ccccc2)CC1. The summed E-state index contributed by atoms with van der Waals surface area (Å²) in [6.45, 7) is 4.06. The number of sulfonamides is 1. The van der Waals surface area contributed by atoms with Gasteiger partial charge in [0, 0.05) is 32.5 Å². The Bertz CT molecular complexity index is 999. The lowest BCUT2D eigenvalue weighted by Crippen LogP contribution is -2.53. The molecule has 0 aromatic heterocycles. The van der Waals surface area contributed by atoms with Crippen molar-refractivity contribution in [2.24, 2.45) is 0 Å². The molecule has 2 aromatic rings. The summed E-state index contributed by atoms with van der Waals surface area (Å²) in [5, 5.41) is 5.72. The van der Waals surface area contributed by atoms with E-state index in [-0.39, 0.29) is 22.8 Å². The Morgan fingerprint density at radius 2 is 1.65 bits per heavy atom. The first-order chi connectivity index (χ1) is 14.8. The van der Waals surface area contributed by atoms with Gasteiger partial charge in [0.1, 0.15) is 6.04 Å². The molecule has 8 heteroatoms. The number of nitrogens with one attached hydrogen (secondary N) is 2. The molecule has 0 unspecified atom stereocenters. The topological polar surface area (TPSA) is 95.6 Å². The summed E-state index contributed by atoms with van der Waals surface area (Å²) >= 11 is 0. The van der Waals surface area contributed by atoms with E-state index < -0.39 is 16.1 Å². The van der Waals surface area contributed by atoms with Crippen LogP contribution in [0.2, 0.25) is 0 Å². The molecular weight excluding hydrogens is 414 g/mol. The Labute approximate surface area is 183 Å². The second-order valence-corrected chi connectivity index (χ2v) is 9.88. The largest absolute Gasteiger partial charge is 0.351 e. The highest BCUT2D eigenvalue weighted by Crippen LogP contribution is 2.20. The first-order valence-electron chi connectivity index (χ1n) is 10.4. The number of amides is 2. The molecular formula is C23H29N3O4S. The highest BCUT2D eigenvalue weighted by molar-refractivity contribution is 7.89. The Morgan fingerprint density at radius 3 is 2.23 bits per heavy atom. The van der Waals surface area contributed by atoms with Crippen molar-refractivity contribution in [3.05, 3.63) is 65.7 Å². The molecule has 1 aliphatic rings. The van der Waals surface area contributed by atoms with Crippen molar-refractivity contribution >= 4 is 21.8 Å². The minimum atomic E-state index is -3.53. The summed E-state index contributed by atoms with van der Waals surface area (Å²) in [6, 6.07) is 15.4. The monoisotopic (exact) mass is 443 g/mol. The fraction of sp³-hybridized carbons (Fsp3) is 0.391. The number of hydrogen-bond donors (Lipinski definition) is 2. The third-order valence-electron chi connectivity index (χ3n) is 5.44. The number of rotatable bonds is 7. The maximum atomic E-state index is 12.9. The molecule has 2 amide bonds. The molecule has 2 aromatic carbocycles. The van der Waals surface area contributed by atoms with Crippen LogP contribution >= 0.6 is 0 Å². The molecule has 0 radical (unpaired) electrons. The number of carbonyl (C=O) groups excluding carboxylic acids is 2. The smallest absolute Gasteiger partial charge is 0.243 e. The maximum Gasteiger partial charge on any atom is 0.243 e. The standard InChI is InChI=1S/C23H29N3O4S/c1-17-8-10-19(11-9-17)16-22(24-18(2)27)23(28)25-20-12-14-26(15-13-20)31(29,30)21-6-4-3-5-7-21/h3-11,20,22H,12-16H2,1-2H3,(H,24,27)(H,25,28)/t22-/m1/s1. The van der Waals surface area contributed by atoms with Gasteiger partial charge in [-0.15, -0.1) is 0 Å². The van der Waals surface area contributed by atoms with Crippen LogP contribution in [0.3, 0.4) is 0 Å². The van der Waals surface area contributed by atoms with E-state index in [1.807, 2.05) is 31.2 Å². The van der Waals surface area contributed by atoms with E-state index in [0.717, 1.165) is 11.1 Å². The van der Waals surface area contributed by atoms with E-state index in [2.05, 4.69) is 10.6 Å². The molecule has 0 saturated carbocycles. The molecule has 7 nitrogen and oxygen atoms in total. The van der Waals surface area contributed by atoms with Crippen LogP contribution < -0.4 is 10.6 Å². The second kappa shape index (κ2) is 10.1. The van der Waals surface area contributed by atoms with Gasteiger partial charge in [-0.25, -0.2) is 8.42 Å². The number of hydrogen-bond acceptors (Lipinski definition) is 4. The fourth-order valence-electron chi connectivity index (χ4n) is 3.70. The van der Waals surface area contributed by atoms with Gasteiger partial charge >= 0.3 is 0 Å². The van der Waals surface area contributed by atoms with Gasteiger partial charge < -0.3 is 10.6 Å². The number of nitrogens with zero attached hydrogens (tertiary/aromatic N) is 1. The van der Waals surface area contributed by atoms with Gasteiger partial charge in [-0.2, -0.15) is 4.31 Å². The molecule has 166 valence electrons. The Morgan fingerprint density at radius 1 is 1.03 bits per heavy atom. The summed E-state index contributed by atoms with van der Waals surface area (Å²) in [5.74, 6) is -0.517. The van der Waals surface area contributed by atoms with E-state index in [0.29, 0.717) is 32.4 Å². The van der Waals surface area contributed by atoms with Crippen molar-refractivity contribution in [3.8, 4) is 0 Å². The maximum absolute atomic E-state index is 12.9. The molecule has 1 fully saturated rings. The predicted molar refractivity (Wildman–Crippen MR) is 119 cm³/mol. The molecule has 1 atom stereocenters. The van der Waals surface area contributed by atoms with Gasteiger partial charge in [0.25, 0.3) is 0 Å². The number of benzene rings is 2. The van der Waals surface area contributed by atoms with Gasteiger partial charge in [0.05, 0.1) is 4.90 Å². The summed E-state index contributed by atoms with van der Waals surface area (Å²) in [4.78, 5) is 24.8. The van der Waals surface area contributed by atoms with Crippen LogP contribution in [0.1, 0.15) is 30.9 Å². The van der Waals surface area contributed by atoms with E-state index in [1.54, 1.807) is 30.3 Å². The van der Waals surface area contributed by atoms with Crippen molar-refractivity contribution in [1.29, 1.82) is 0 Å². The molecule has 1 heterocycles. The normalized spacial score (nSPS) is 16.5. The summed E-state index contributed by atoms with van der Waals surface area (Å²) < 4.78 is 27.0. The number of piperidine rings is 1. The van der Waals surface area contributed by atoms with Crippen molar-refractivity contribution in [1.82, 2.24) is 14.9 Å². The molecule has 0 bridgehead atoms. The quantitative estimate of drug-likeness (QED) is 0.684. The third kappa shape index (κ3) is 6.15. The Kier molecular flexibility index (Phi) is 7.46. The van der Waals surface area contributed by atoms with Crippen molar-refractivity contribution < 1.29 is 18.0 Å². The molecule has 0 spiro atoms. The van der Waals surface area contributed by atoms with Crippen LogP contribution in [0, 0.1) is 6.92 Å². The van der Waals surface area contributed by atoms with Crippen LogP contribution in [0.4, 0.5) is 0 Å². The predicted octanol–water partition coefficient (Wildman–Crippen LogP) is 2.01. The summed E-state index contributed by atoms with van der Waals surface area (Å²) in [7, 11) is -3.53. The molecule has 0 aliphatic carbocycles. The van der Waals surface area contributed by atoms with E-state index in [1.165, 1.54) is 11.2 Å². The average Bonchev–Trinajstić information content (AvgIpc) is 2.75. The van der Waals surface area contributed by atoms with Gasteiger partial charge in [-0.1, -0.05) is 48.0 Å². The van der Waals surface area contributed by atoms with Crippen molar-refractivity contribution in [2.45, 2.75) is 50.1 Å². The lowest BCUT2D eigenvalue weighted by molar-refractivity contribution is -0.128. The number of carbonyl (C=O) groups is 2. The minimum Gasteiger partial charge on any atom is -0.351 e. The second-order valence-electron chi connectivity index (χ2n) is 7.94. The molecule has 2 N–H and O–H groups in total. The van der Waals surface area contributed by atoms with Gasteiger partial charge in [-0.05, 0) is 37.5 Å². The van der Waals surface area contributed by atoms with Crippen molar-refractivity contribution in [2.75, 3.05) is 13.1 Å². The van der Waals surface area contributed by atoms with E-state index >= 15 is 0 Å². The molecule has 3 rings (SSSR count). The molecule has 31 heavy (non-hydrogen) atoms.